The summed E-state index contributed by atoms with van der Waals surface area (Å²) in [4.78, 5) is 11.3. The molecule has 1 aliphatic carbocycles. The molecule has 0 aromatic heterocycles. The Bertz CT molecular complexity index is 182. The smallest absolute Gasteiger partial charge is 0.174 e. The Kier molecular flexibility index (Phi) is 2.83. The number of rotatable bonds is 2. The number of hydrogen-bond donors (Lipinski definition) is 1. The van der Waals surface area contributed by atoms with Crippen LogP contribution < -0.4 is 5.73 Å². The van der Waals surface area contributed by atoms with Gasteiger partial charge in [0.15, 0.2) is 5.78 Å². The lowest BCUT2D eigenvalue weighted by Gasteiger charge is -2.12. The fourth-order valence-corrected chi connectivity index (χ4v) is 1.35. The zero-order valence-electron chi connectivity index (χ0n) is 6.97. The molecule has 0 aliphatic heterocycles. The Hall–Kier alpha value is -0.630. The van der Waals surface area contributed by atoms with Crippen LogP contribution in [0.5, 0.6) is 0 Å². The van der Waals surface area contributed by atoms with Gasteiger partial charge in [0.25, 0.3) is 0 Å². The van der Waals surface area contributed by atoms with Crippen LogP contribution in [0.1, 0.15) is 32.6 Å². The van der Waals surface area contributed by atoms with Gasteiger partial charge in [-0.2, -0.15) is 0 Å². The van der Waals surface area contributed by atoms with E-state index in [0.717, 1.165) is 24.8 Å². The lowest BCUT2D eigenvalue weighted by Crippen LogP contribution is -2.28. The van der Waals surface area contributed by atoms with Crippen molar-refractivity contribution in [2.45, 2.75) is 38.6 Å². The summed E-state index contributed by atoms with van der Waals surface area (Å²) in [6.45, 7) is 1.75. The molecule has 0 fully saturated rings. The van der Waals surface area contributed by atoms with Gasteiger partial charge in [0, 0.05) is 0 Å². The first-order chi connectivity index (χ1) is 5.22. The SMILES string of the molecule is C[C@H](N)C(=O)C1=CCCCC1. The van der Waals surface area contributed by atoms with Crippen LogP contribution in [0.2, 0.25) is 0 Å². The number of nitrogens with two attached hydrogens (primary N) is 1. The summed E-state index contributed by atoms with van der Waals surface area (Å²) in [5.41, 5.74) is 6.43. The highest BCUT2D eigenvalue weighted by molar-refractivity contribution is 5.99. The third kappa shape index (κ3) is 2.15. The molecule has 0 radical (unpaired) electrons. The van der Waals surface area contributed by atoms with E-state index < -0.39 is 0 Å². The zero-order chi connectivity index (χ0) is 8.27. The van der Waals surface area contributed by atoms with E-state index in [9.17, 15) is 4.79 Å². The summed E-state index contributed by atoms with van der Waals surface area (Å²) in [6, 6.07) is -0.320. The maximum absolute atomic E-state index is 11.3. The summed E-state index contributed by atoms with van der Waals surface area (Å²) in [7, 11) is 0. The second kappa shape index (κ2) is 3.67. The van der Waals surface area contributed by atoms with Crippen molar-refractivity contribution < 1.29 is 4.79 Å². The maximum Gasteiger partial charge on any atom is 0.174 e. The van der Waals surface area contributed by atoms with Crippen LogP contribution >= 0.6 is 0 Å². The van der Waals surface area contributed by atoms with Gasteiger partial charge in [-0.1, -0.05) is 6.08 Å². The summed E-state index contributed by atoms with van der Waals surface area (Å²) in [6.07, 6.45) is 6.38. The Morgan fingerprint density at radius 3 is 2.82 bits per heavy atom. The molecule has 0 amide bonds. The molecule has 0 aromatic carbocycles. The Morgan fingerprint density at radius 2 is 2.36 bits per heavy atom. The molecule has 2 nitrogen and oxygen atoms in total. The average molecular weight is 153 g/mol. The van der Waals surface area contributed by atoms with E-state index >= 15 is 0 Å². The van der Waals surface area contributed by atoms with E-state index in [-0.39, 0.29) is 11.8 Å². The number of hydrogen-bond acceptors (Lipinski definition) is 2. The normalized spacial score (nSPS) is 20.7. The van der Waals surface area contributed by atoms with Gasteiger partial charge >= 0.3 is 0 Å². The number of carbonyl (C=O) groups is 1. The highest BCUT2D eigenvalue weighted by Gasteiger charge is 2.14. The van der Waals surface area contributed by atoms with Crippen molar-refractivity contribution in [1.82, 2.24) is 0 Å². The highest BCUT2D eigenvalue weighted by Crippen LogP contribution is 2.18. The van der Waals surface area contributed by atoms with Gasteiger partial charge in [0.2, 0.25) is 0 Å². The third-order valence-electron chi connectivity index (χ3n) is 2.02. The molecule has 1 aliphatic rings. The largest absolute Gasteiger partial charge is 0.321 e. The molecule has 0 heterocycles. The second-order valence-corrected chi connectivity index (χ2v) is 3.13. The highest BCUT2D eigenvalue weighted by atomic mass is 16.1. The number of allylic oxidation sites excluding steroid dienone is 1. The summed E-state index contributed by atoms with van der Waals surface area (Å²) in [5, 5.41) is 0. The first-order valence-corrected chi connectivity index (χ1v) is 4.20. The molecule has 62 valence electrons. The van der Waals surface area contributed by atoms with Crippen molar-refractivity contribution in [3.05, 3.63) is 11.6 Å². The second-order valence-electron chi connectivity index (χ2n) is 3.13. The van der Waals surface area contributed by atoms with Gasteiger partial charge in [-0.25, -0.2) is 0 Å². The molecular weight excluding hydrogens is 138 g/mol. The first-order valence-electron chi connectivity index (χ1n) is 4.20. The quantitative estimate of drug-likeness (QED) is 0.651. The standard InChI is InChI=1S/C9H15NO/c1-7(10)9(11)8-5-3-2-4-6-8/h5,7H,2-4,6,10H2,1H3/t7-/m0/s1. The minimum atomic E-state index is -0.320. The molecule has 1 rings (SSSR count). The van der Waals surface area contributed by atoms with Gasteiger partial charge in [-0.05, 0) is 38.2 Å². The predicted octanol–water partition coefficient (Wildman–Crippen LogP) is 1.40. The van der Waals surface area contributed by atoms with Gasteiger partial charge < -0.3 is 5.73 Å². The molecule has 0 saturated carbocycles. The minimum absolute atomic E-state index is 0.129. The van der Waals surface area contributed by atoms with Crippen LogP contribution in [0.15, 0.2) is 11.6 Å². The van der Waals surface area contributed by atoms with Crippen LogP contribution in [0, 0.1) is 0 Å². The first kappa shape index (κ1) is 8.47. The van der Waals surface area contributed by atoms with Gasteiger partial charge in [0.1, 0.15) is 0 Å². The molecule has 0 bridgehead atoms. The van der Waals surface area contributed by atoms with Crippen LogP contribution in [-0.2, 0) is 4.79 Å². The van der Waals surface area contributed by atoms with E-state index in [1.807, 2.05) is 6.08 Å². The zero-order valence-corrected chi connectivity index (χ0v) is 6.97. The molecule has 2 heteroatoms. The van der Waals surface area contributed by atoms with Gasteiger partial charge in [0.05, 0.1) is 6.04 Å². The van der Waals surface area contributed by atoms with Crippen LogP contribution in [0.4, 0.5) is 0 Å². The summed E-state index contributed by atoms with van der Waals surface area (Å²) >= 11 is 0. The molecule has 1 atom stereocenters. The number of Topliss-reactive ketones (excluding diaryl/α,β-unsaturated/α-hetero) is 1. The Balaban J connectivity index is 2.58. The van der Waals surface area contributed by atoms with Crippen LogP contribution in [0.25, 0.3) is 0 Å². The van der Waals surface area contributed by atoms with Crippen LogP contribution in [0.3, 0.4) is 0 Å². The monoisotopic (exact) mass is 153 g/mol. The van der Waals surface area contributed by atoms with Crippen molar-refractivity contribution in [3.63, 3.8) is 0 Å². The van der Waals surface area contributed by atoms with E-state index in [2.05, 4.69) is 0 Å². The van der Waals surface area contributed by atoms with Crippen molar-refractivity contribution >= 4 is 5.78 Å². The fraction of sp³-hybridized carbons (Fsp3) is 0.667. The van der Waals surface area contributed by atoms with Crippen molar-refractivity contribution in [2.75, 3.05) is 0 Å². The van der Waals surface area contributed by atoms with Crippen LogP contribution in [-0.4, -0.2) is 11.8 Å². The predicted molar refractivity (Wildman–Crippen MR) is 45.2 cm³/mol. The Morgan fingerprint density at radius 1 is 1.64 bits per heavy atom. The molecule has 11 heavy (non-hydrogen) atoms. The lowest BCUT2D eigenvalue weighted by atomic mass is 9.94. The summed E-state index contributed by atoms with van der Waals surface area (Å²) in [5.74, 6) is 0.129. The average Bonchev–Trinajstić information content (AvgIpc) is 2.05. The van der Waals surface area contributed by atoms with E-state index in [0.29, 0.717) is 0 Å². The van der Waals surface area contributed by atoms with Gasteiger partial charge in [-0.3, -0.25) is 4.79 Å². The minimum Gasteiger partial charge on any atom is -0.321 e. The van der Waals surface area contributed by atoms with Crippen molar-refractivity contribution in [1.29, 1.82) is 0 Å². The topological polar surface area (TPSA) is 43.1 Å². The molecule has 0 saturated heterocycles. The molecule has 0 aromatic rings. The van der Waals surface area contributed by atoms with Gasteiger partial charge in [-0.15, -0.1) is 0 Å². The van der Waals surface area contributed by atoms with E-state index in [1.54, 1.807) is 6.92 Å². The number of ketones is 1. The summed E-state index contributed by atoms with van der Waals surface area (Å²) < 4.78 is 0. The molecule has 0 unspecified atom stereocenters. The Labute approximate surface area is 67.5 Å². The fourth-order valence-electron chi connectivity index (χ4n) is 1.35. The van der Waals surface area contributed by atoms with E-state index in [4.69, 9.17) is 5.73 Å². The number of carbonyl (C=O) groups excluding carboxylic acids is 1. The van der Waals surface area contributed by atoms with Crippen molar-refractivity contribution in [3.8, 4) is 0 Å². The lowest BCUT2D eigenvalue weighted by molar-refractivity contribution is -0.116. The molecule has 2 N–H and O–H groups in total. The maximum atomic E-state index is 11.3. The molecular formula is C9H15NO. The van der Waals surface area contributed by atoms with Crippen molar-refractivity contribution in [2.24, 2.45) is 5.73 Å². The third-order valence-corrected chi connectivity index (χ3v) is 2.02. The molecule has 0 spiro atoms. The van der Waals surface area contributed by atoms with E-state index in [1.165, 1.54) is 6.42 Å².